The van der Waals surface area contributed by atoms with Gasteiger partial charge in [0.15, 0.2) is 0 Å². The first-order chi connectivity index (χ1) is 15.7. The summed E-state index contributed by atoms with van der Waals surface area (Å²) in [5.41, 5.74) is 2.71. The minimum atomic E-state index is -0.125. The molecule has 0 radical (unpaired) electrons. The van der Waals surface area contributed by atoms with Crippen molar-refractivity contribution in [1.29, 1.82) is 0 Å². The number of amides is 1. The average molecular weight is 431 g/mol. The smallest absolute Gasteiger partial charge is 0.252 e. The number of benzene rings is 2. The number of hydrogen-bond donors (Lipinski definition) is 1. The third-order valence-electron chi connectivity index (χ3n) is 5.77. The molecule has 1 amide bonds. The maximum atomic E-state index is 13.1. The summed E-state index contributed by atoms with van der Waals surface area (Å²) in [6.07, 6.45) is 1.62. The van der Waals surface area contributed by atoms with Crippen LogP contribution in [0.1, 0.15) is 27.5 Å². The third kappa shape index (κ3) is 6.15. The molecule has 6 heteroatoms. The van der Waals surface area contributed by atoms with E-state index in [1.54, 1.807) is 18.3 Å². The van der Waals surface area contributed by atoms with Crippen molar-refractivity contribution in [2.45, 2.75) is 12.6 Å². The van der Waals surface area contributed by atoms with Crippen LogP contribution in [0.2, 0.25) is 0 Å². The van der Waals surface area contributed by atoms with Gasteiger partial charge < -0.3 is 15.0 Å². The highest BCUT2D eigenvalue weighted by Crippen LogP contribution is 2.18. The molecular weight excluding hydrogens is 400 g/mol. The summed E-state index contributed by atoms with van der Waals surface area (Å²) >= 11 is 0. The maximum absolute atomic E-state index is 13.1. The second-order valence-corrected chi connectivity index (χ2v) is 8.20. The van der Waals surface area contributed by atoms with Gasteiger partial charge in [-0.15, -0.1) is 0 Å². The number of rotatable bonds is 8. The average Bonchev–Trinajstić information content (AvgIpc) is 2.85. The number of likely N-dealkylation sites (N-methyl/N-ethyl adjacent to an activating group) is 1. The van der Waals surface area contributed by atoms with E-state index in [1.165, 1.54) is 0 Å². The molecule has 0 bridgehead atoms. The molecule has 1 N–H and O–H groups in total. The molecule has 2 aromatic carbocycles. The van der Waals surface area contributed by atoms with Crippen molar-refractivity contribution in [3.8, 4) is 5.88 Å². The summed E-state index contributed by atoms with van der Waals surface area (Å²) in [7, 11) is 2.15. The van der Waals surface area contributed by atoms with E-state index in [0.29, 0.717) is 18.1 Å². The fourth-order valence-electron chi connectivity index (χ4n) is 3.81. The molecule has 0 aliphatic carbocycles. The Morgan fingerprint density at radius 1 is 1.00 bits per heavy atom. The van der Waals surface area contributed by atoms with Crippen LogP contribution in [0, 0.1) is 0 Å². The van der Waals surface area contributed by atoms with Gasteiger partial charge in [-0.25, -0.2) is 4.98 Å². The molecule has 6 nitrogen and oxygen atoms in total. The minimum absolute atomic E-state index is 0.0889. The highest BCUT2D eigenvalue weighted by atomic mass is 16.5. The highest BCUT2D eigenvalue weighted by molar-refractivity contribution is 5.94. The van der Waals surface area contributed by atoms with Gasteiger partial charge in [0.25, 0.3) is 5.91 Å². The molecule has 166 valence electrons. The van der Waals surface area contributed by atoms with Crippen LogP contribution in [-0.4, -0.2) is 60.5 Å². The third-order valence-corrected chi connectivity index (χ3v) is 5.77. The zero-order chi connectivity index (χ0) is 22.2. The molecule has 2 heterocycles. The Morgan fingerprint density at radius 3 is 2.41 bits per heavy atom. The van der Waals surface area contributed by atoms with Crippen LogP contribution in [0.25, 0.3) is 0 Å². The lowest BCUT2D eigenvalue weighted by Gasteiger charge is -2.35. The predicted molar refractivity (Wildman–Crippen MR) is 126 cm³/mol. The van der Waals surface area contributed by atoms with Crippen LogP contribution in [0.15, 0.2) is 79.0 Å². The standard InChI is InChI=1S/C26H30N4O2/c1-29-14-16-30(17-15-29)19-24(22-10-6-3-7-11-22)28-26(31)23-12-13-27-25(18-23)32-20-21-8-4-2-5-9-21/h2-13,18,24H,14-17,19-20H2,1H3,(H,28,31). The van der Waals surface area contributed by atoms with Crippen molar-refractivity contribution in [2.24, 2.45) is 0 Å². The molecule has 1 fully saturated rings. The number of carbonyl (C=O) groups excluding carboxylic acids is 1. The summed E-state index contributed by atoms with van der Waals surface area (Å²) in [4.78, 5) is 22.1. The quantitative estimate of drug-likeness (QED) is 0.594. The van der Waals surface area contributed by atoms with Crippen LogP contribution < -0.4 is 10.1 Å². The monoisotopic (exact) mass is 430 g/mol. The number of carbonyl (C=O) groups is 1. The number of nitrogens with one attached hydrogen (secondary N) is 1. The summed E-state index contributed by atoms with van der Waals surface area (Å²) < 4.78 is 5.80. The first kappa shape index (κ1) is 22.0. The summed E-state index contributed by atoms with van der Waals surface area (Å²) in [6, 6.07) is 23.4. The number of piperazine rings is 1. The van der Waals surface area contributed by atoms with Gasteiger partial charge in [0.1, 0.15) is 6.61 Å². The molecule has 1 atom stereocenters. The van der Waals surface area contributed by atoms with Crippen molar-refractivity contribution in [1.82, 2.24) is 20.1 Å². The molecular formula is C26H30N4O2. The fourth-order valence-corrected chi connectivity index (χ4v) is 3.81. The molecule has 0 saturated carbocycles. The molecule has 1 aliphatic rings. The Morgan fingerprint density at radius 2 is 1.69 bits per heavy atom. The second kappa shape index (κ2) is 10.9. The van der Waals surface area contributed by atoms with Crippen LogP contribution in [0.4, 0.5) is 0 Å². The first-order valence-corrected chi connectivity index (χ1v) is 11.1. The summed E-state index contributed by atoms with van der Waals surface area (Å²) in [6.45, 7) is 5.29. The number of pyridine rings is 1. The van der Waals surface area contributed by atoms with Gasteiger partial charge in [0.2, 0.25) is 5.88 Å². The number of ether oxygens (including phenoxy) is 1. The fraction of sp³-hybridized carbons (Fsp3) is 0.308. The first-order valence-electron chi connectivity index (χ1n) is 11.1. The van der Waals surface area contributed by atoms with Gasteiger partial charge in [-0.1, -0.05) is 60.7 Å². The Hall–Kier alpha value is -3.22. The van der Waals surface area contributed by atoms with E-state index >= 15 is 0 Å². The molecule has 1 aliphatic heterocycles. The lowest BCUT2D eigenvalue weighted by Crippen LogP contribution is -2.47. The van der Waals surface area contributed by atoms with E-state index in [-0.39, 0.29) is 11.9 Å². The Balaban J connectivity index is 1.43. The van der Waals surface area contributed by atoms with Crippen LogP contribution in [0.3, 0.4) is 0 Å². The Kier molecular flexibility index (Phi) is 7.48. The minimum Gasteiger partial charge on any atom is -0.473 e. The summed E-state index contributed by atoms with van der Waals surface area (Å²) in [5, 5.41) is 3.23. The Bertz CT molecular complexity index is 989. The van der Waals surface area contributed by atoms with Gasteiger partial charge in [-0.2, -0.15) is 0 Å². The zero-order valence-electron chi connectivity index (χ0n) is 18.5. The largest absolute Gasteiger partial charge is 0.473 e. The number of hydrogen-bond acceptors (Lipinski definition) is 5. The van der Waals surface area contributed by atoms with Crippen molar-refractivity contribution in [3.63, 3.8) is 0 Å². The van der Waals surface area contributed by atoms with Crippen molar-refractivity contribution in [2.75, 3.05) is 39.8 Å². The number of nitrogens with zero attached hydrogens (tertiary/aromatic N) is 3. The van der Waals surface area contributed by atoms with Crippen LogP contribution >= 0.6 is 0 Å². The maximum Gasteiger partial charge on any atom is 0.252 e. The van der Waals surface area contributed by atoms with Gasteiger partial charge in [-0.05, 0) is 24.2 Å². The topological polar surface area (TPSA) is 57.7 Å². The molecule has 4 rings (SSSR count). The second-order valence-electron chi connectivity index (χ2n) is 8.20. The lowest BCUT2D eigenvalue weighted by molar-refractivity contribution is 0.0906. The van der Waals surface area contributed by atoms with E-state index in [4.69, 9.17) is 4.74 Å². The van der Waals surface area contributed by atoms with Crippen molar-refractivity contribution in [3.05, 3.63) is 95.7 Å². The van der Waals surface area contributed by atoms with E-state index < -0.39 is 0 Å². The van der Waals surface area contributed by atoms with Crippen LogP contribution in [-0.2, 0) is 6.61 Å². The van der Waals surface area contributed by atoms with Crippen molar-refractivity contribution >= 4 is 5.91 Å². The molecule has 1 aromatic heterocycles. The normalized spacial score (nSPS) is 15.8. The van der Waals surface area contributed by atoms with Gasteiger partial charge in [0.05, 0.1) is 6.04 Å². The summed E-state index contributed by atoms with van der Waals surface area (Å²) in [5.74, 6) is 0.316. The molecule has 1 unspecified atom stereocenters. The van der Waals surface area contributed by atoms with Crippen LogP contribution in [0.5, 0.6) is 5.88 Å². The lowest BCUT2D eigenvalue weighted by atomic mass is 10.1. The molecule has 0 spiro atoms. The molecule has 1 saturated heterocycles. The zero-order valence-corrected chi connectivity index (χ0v) is 18.5. The SMILES string of the molecule is CN1CCN(CC(NC(=O)c2ccnc(OCc3ccccc3)c2)c2ccccc2)CC1. The predicted octanol–water partition coefficient (Wildman–Crippen LogP) is 3.38. The Labute approximate surface area is 189 Å². The van der Waals surface area contributed by atoms with Crippen molar-refractivity contribution < 1.29 is 9.53 Å². The molecule has 3 aromatic rings. The highest BCUT2D eigenvalue weighted by Gasteiger charge is 2.22. The van der Waals surface area contributed by atoms with E-state index in [2.05, 4.69) is 39.3 Å². The van der Waals surface area contributed by atoms with E-state index in [0.717, 1.165) is 43.9 Å². The van der Waals surface area contributed by atoms with E-state index in [9.17, 15) is 4.79 Å². The van der Waals surface area contributed by atoms with Gasteiger partial charge >= 0.3 is 0 Å². The number of aromatic nitrogens is 1. The van der Waals surface area contributed by atoms with Gasteiger partial charge in [-0.3, -0.25) is 9.69 Å². The van der Waals surface area contributed by atoms with E-state index in [1.807, 2.05) is 48.5 Å². The van der Waals surface area contributed by atoms with Gasteiger partial charge in [0, 0.05) is 50.6 Å². The molecule has 32 heavy (non-hydrogen) atoms.